The average molecular weight is 151 g/mol. The Balaban J connectivity index is 2.95. The maximum absolute atomic E-state index is 9.11. The minimum absolute atomic E-state index is 0.0752. The molecule has 1 N–H and O–H groups in total. The smallest absolute Gasteiger partial charge is 0.152 e. The molecule has 0 saturated carbocycles. The van der Waals surface area contributed by atoms with Crippen LogP contribution in [0, 0.1) is 6.07 Å². The van der Waals surface area contributed by atoms with E-state index in [1.807, 2.05) is 6.07 Å². The average Bonchev–Trinajstić information content (AvgIpc) is 2.36. The quantitative estimate of drug-likeness (QED) is 0.615. The Morgan fingerprint density at radius 3 is 3.30 bits per heavy atom. The van der Waals surface area contributed by atoms with Gasteiger partial charge in [0, 0.05) is 6.07 Å². The third-order valence-electron chi connectivity index (χ3n) is 1.19. The Bertz CT molecular complexity index is 357. The first-order valence-electron chi connectivity index (χ1n) is 2.69. The lowest BCUT2D eigenvalue weighted by Gasteiger charge is -1.86. The maximum Gasteiger partial charge on any atom is 0.152 e. The highest BCUT2D eigenvalue weighted by molar-refractivity contribution is 7.13. The molecule has 49 valence electrons. The van der Waals surface area contributed by atoms with Crippen molar-refractivity contribution in [3.05, 3.63) is 18.2 Å². The van der Waals surface area contributed by atoms with Crippen LogP contribution in [0.3, 0.4) is 0 Å². The summed E-state index contributed by atoms with van der Waals surface area (Å²) in [7, 11) is 0. The largest absolute Gasteiger partial charge is 0.505 e. The number of hydrogen-bond acceptors (Lipinski definition) is 4. The van der Waals surface area contributed by atoms with Gasteiger partial charge in [-0.3, -0.25) is 0 Å². The van der Waals surface area contributed by atoms with E-state index in [1.165, 1.54) is 11.5 Å². The van der Waals surface area contributed by atoms with E-state index in [2.05, 4.69) is 15.7 Å². The van der Waals surface area contributed by atoms with Gasteiger partial charge in [0.1, 0.15) is 5.52 Å². The third-order valence-corrected chi connectivity index (χ3v) is 1.88. The molecule has 0 saturated heterocycles. The first-order chi connectivity index (χ1) is 4.88. The van der Waals surface area contributed by atoms with E-state index in [4.69, 9.17) is 5.11 Å². The molecule has 1 heterocycles. The van der Waals surface area contributed by atoms with Gasteiger partial charge in [-0.1, -0.05) is 4.49 Å². The summed E-state index contributed by atoms with van der Waals surface area (Å²) in [5.41, 5.74) is 0.535. The van der Waals surface area contributed by atoms with E-state index < -0.39 is 0 Å². The molecule has 0 aliphatic carbocycles. The van der Waals surface area contributed by atoms with Crippen molar-refractivity contribution in [1.82, 2.24) is 9.59 Å². The molecule has 4 heteroatoms. The second-order valence-electron chi connectivity index (χ2n) is 1.81. The van der Waals surface area contributed by atoms with Gasteiger partial charge in [0.2, 0.25) is 0 Å². The molecule has 0 unspecified atom stereocenters. The zero-order chi connectivity index (χ0) is 6.97. The molecule has 3 nitrogen and oxygen atoms in total. The third kappa shape index (κ3) is 0.657. The number of aromatic hydroxyl groups is 1. The summed E-state index contributed by atoms with van der Waals surface area (Å²) in [4.78, 5) is 0. The number of nitrogens with zero attached hydrogens (tertiary/aromatic N) is 2. The van der Waals surface area contributed by atoms with Crippen LogP contribution in [0.1, 0.15) is 0 Å². The Morgan fingerprint density at radius 2 is 2.50 bits per heavy atom. The molecule has 0 atom stereocenters. The van der Waals surface area contributed by atoms with Crippen molar-refractivity contribution in [2.45, 2.75) is 0 Å². The first-order valence-corrected chi connectivity index (χ1v) is 3.47. The minimum Gasteiger partial charge on any atom is -0.505 e. The van der Waals surface area contributed by atoms with Crippen molar-refractivity contribution < 1.29 is 5.11 Å². The standard InChI is InChI=1S/C6H3N2OS/c9-4-2-1-3-5-6(4)7-8-10-5/h1,3,9H. The highest BCUT2D eigenvalue weighted by Crippen LogP contribution is 2.22. The molecule has 2 rings (SSSR count). The summed E-state index contributed by atoms with van der Waals surface area (Å²) in [6.07, 6.45) is 0. The van der Waals surface area contributed by atoms with E-state index in [9.17, 15) is 0 Å². The zero-order valence-corrected chi connectivity index (χ0v) is 5.72. The molecule has 0 aliphatic heterocycles. The highest BCUT2D eigenvalue weighted by atomic mass is 32.1. The topological polar surface area (TPSA) is 46.0 Å². The van der Waals surface area contributed by atoms with E-state index in [1.54, 1.807) is 6.07 Å². The van der Waals surface area contributed by atoms with Crippen molar-refractivity contribution in [1.29, 1.82) is 0 Å². The fraction of sp³-hybridized carbons (Fsp3) is 0. The predicted molar refractivity (Wildman–Crippen MR) is 37.9 cm³/mol. The van der Waals surface area contributed by atoms with E-state index in [0.717, 1.165) is 4.70 Å². The number of benzene rings is 1. The van der Waals surface area contributed by atoms with E-state index in [-0.39, 0.29) is 5.75 Å². The molecule has 0 aliphatic rings. The Morgan fingerprint density at radius 1 is 1.60 bits per heavy atom. The summed E-state index contributed by atoms with van der Waals surface area (Å²) in [5, 5.41) is 12.8. The fourth-order valence-electron chi connectivity index (χ4n) is 0.736. The van der Waals surface area contributed by atoms with Gasteiger partial charge in [0.15, 0.2) is 5.75 Å². The fourth-order valence-corrected chi connectivity index (χ4v) is 1.30. The number of rotatable bonds is 0. The van der Waals surface area contributed by atoms with Gasteiger partial charge < -0.3 is 5.11 Å². The van der Waals surface area contributed by atoms with Crippen LogP contribution in [0.5, 0.6) is 5.75 Å². The molecule has 0 amide bonds. The van der Waals surface area contributed by atoms with Crippen LogP contribution >= 0.6 is 11.5 Å². The van der Waals surface area contributed by atoms with Gasteiger partial charge in [-0.05, 0) is 23.7 Å². The summed E-state index contributed by atoms with van der Waals surface area (Å²) >= 11 is 1.26. The second kappa shape index (κ2) is 1.91. The van der Waals surface area contributed by atoms with Crippen molar-refractivity contribution in [2.75, 3.05) is 0 Å². The molecule has 0 spiro atoms. The molecule has 1 aromatic carbocycles. The molecule has 1 radical (unpaired) electrons. The lowest BCUT2D eigenvalue weighted by atomic mass is 10.3. The number of phenols is 1. The first kappa shape index (κ1) is 5.61. The maximum atomic E-state index is 9.11. The van der Waals surface area contributed by atoms with Gasteiger partial charge in [-0.2, -0.15) is 0 Å². The zero-order valence-electron chi connectivity index (χ0n) is 4.90. The van der Waals surface area contributed by atoms with Crippen LogP contribution in [0.4, 0.5) is 0 Å². The molecule has 1 aromatic heterocycles. The summed E-state index contributed by atoms with van der Waals surface area (Å²) in [6.45, 7) is 0. The van der Waals surface area contributed by atoms with Gasteiger partial charge in [0.25, 0.3) is 0 Å². The molecule has 2 aromatic rings. The number of aromatic nitrogens is 2. The Hall–Kier alpha value is -1.16. The van der Waals surface area contributed by atoms with Gasteiger partial charge in [-0.25, -0.2) is 0 Å². The second-order valence-corrected chi connectivity index (χ2v) is 2.60. The van der Waals surface area contributed by atoms with Crippen molar-refractivity contribution in [3.8, 4) is 5.75 Å². The van der Waals surface area contributed by atoms with Crippen molar-refractivity contribution in [2.24, 2.45) is 0 Å². The van der Waals surface area contributed by atoms with Crippen LogP contribution in [0.2, 0.25) is 0 Å². The minimum atomic E-state index is 0.0752. The van der Waals surface area contributed by atoms with E-state index in [0.29, 0.717) is 5.52 Å². The SMILES string of the molecule is Oc1[c]ccc2snnc12. The van der Waals surface area contributed by atoms with Crippen LogP contribution in [0.25, 0.3) is 10.2 Å². The number of phenolic OH excluding ortho intramolecular Hbond substituents is 1. The molecule has 10 heavy (non-hydrogen) atoms. The Kier molecular flexibility index (Phi) is 1.07. The lowest BCUT2D eigenvalue weighted by molar-refractivity contribution is 0.479. The van der Waals surface area contributed by atoms with E-state index >= 15 is 0 Å². The molecule has 0 bridgehead atoms. The number of fused-ring (bicyclic) bond motifs is 1. The summed E-state index contributed by atoms with van der Waals surface area (Å²) in [5.74, 6) is 0.0752. The van der Waals surface area contributed by atoms with Gasteiger partial charge in [0.05, 0.1) is 4.70 Å². The van der Waals surface area contributed by atoms with Crippen LogP contribution < -0.4 is 0 Å². The monoisotopic (exact) mass is 151 g/mol. The van der Waals surface area contributed by atoms with Crippen LogP contribution in [-0.2, 0) is 0 Å². The summed E-state index contributed by atoms with van der Waals surface area (Å²) < 4.78 is 4.56. The van der Waals surface area contributed by atoms with Gasteiger partial charge in [-0.15, -0.1) is 5.10 Å². The highest BCUT2D eigenvalue weighted by Gasteiger charge is 2.00. The van der Waals surface area contributed by atoms with Crippen molar-refractivity contribution in [3.63, 3.8) is 0 Å². The number of hydrogen-bond donors (Lipinski definition) is 1. The van der Waals surface area contributed by atoms with Crippen LogP contribution in [0.15, 0.2) is 12.1 Å². The molecular formula is C6H3N2OS. The molecule has 0 fully saturated rings. The van der Waals surface area contributed by atoms with Gasteiger partial charge >= 0.3 is 0 Å². The van der Waals surface area contributed by atoms with Crippen LogP contribution in [-0.4, -0.2) is 14.7 Å². The predicted octanol–water partition coefficient (Wildman–Crippen LogP) is 1.20. The summed E-state index contributed by atoms with van der Waals surface area (Å²) in [6, 6.07) is 6.09. The Labute approximate surface area is 61.1 Å². The normalized spacial score (nSPS) is 10.4. The molecular weight excluding hydrogens is 148 g/mol. The lowest BCUT2D eigenvalue weighted by Crippen LogP contribution is -1.69. The van der Waals surface area contributed by atoms with Crippen molar-refractivity contribution >= 4 is 21.7 Å².